The lowest BCUT2D eigenvalue weighted by Gasteiger charge is -2.31. The quantitative estimate of drug-likeness (QED) is 0.0941. The average Bonchev–Trinajstić information content (AvgIpc) is 3.27. The number of hydrogen-bond acceptors (Lipinski definition) is 14. The third kappa shape index (κ3) is 8.82. The highest BCUT2D eigenvalue weighted by Crippen LogP contribution is 2.38. The summed E-state index contributed by atoms with van der Waals surface area (Å²) in [6.07, 6.45) is 5.59. The number of ether oxygens (including phenoxy) is 1. The van der Waals surface area contributed by atoms with Crippen molar-refractivity contribution in [1.82, 2.24) is 30.4 Å². The lowest BCUT2D eigenvalue weighted by Crippen LogP contribution is -2.35. The number of nitrogens with one attached hydrogen (secondary N) is 2. The van der Waals surface area contributed by atoms with Gasteiger partial charge in [0.15, 0.2) is 11.6 Å². The van der Waals surface area contributed by atoms with Gasteiger partial charge in [-0.1, -0.05) is 30.3 Å². The Morgan fingerprint density at radius 3 is 1.95 bits per heavy atom. The molecule has 6 heterocycles. The van der Waals surface area contributed by atoms with E-state index in [4.69, 9.17) is 14.7 Å². The van der Waals surface area contributed by atoms with Crippen LogP contribution in [0.15, 0.2) is 54.9 Å². The van der Waals surface area contributed by atoms with Gasteiger partial charge in [0.25, 0.3) is 5.92 Å². The van der Waals surface area contributed by atoms with Crippen LogP contribution in [0.3, 0.4) is 0 Å². The Labute approximate surface area is 363 Å². The molecule has 0 aliphatic carbocycles. The summed E-state index contributed by atoms with van der Waals surface area (Å²) >= 11 is 0. The van der Waals surface area contributed by atoms with Crippen LogP contribution in [0.5, 0.6) is 5.75 Å². The molecule has 8 rings (SSSR count). The van der Waals surface area contributed by atoms with Gasteiger partial charge in [0.05, 0.1) is 88.7 Å². The molecule has 0 spiro atoms. The maximum atomic E-state index is 15.5. The monoisotopic (exact) mass is 861 g/mol. The normalized spacial score (nSPS) is 16.3. The largest absolute Gasteiger partial charge is 0.495 e. The molecule has 0 amide bonds. The summed E-state index contributed by atoms with van der Waals surface area (Å²) in [4.78, 5) is 13.9. The highest BCUT2D eigenvalue weighted by Gasteiger charge is 2.31. The number of nitriles is 1. The number of methoxy groups -OCH3 is 1. The highest BCUT2D eigenvalue weighted by atomic mass is 19.3. The number of pyridine rings is 2. The predicted molar refractivity (Wildman–Crippen MR) is 235 cm³/mol. The molecule has 2 atom stereocenters. The summed E-state index contributed by atoms with van der Waals surface area (Å²) < 4.78 is 50.0. The maximum absolute atomic E-state index is 15.5. The van der Waals surface area contributed by atoms with Crippen molar-refractivity contribution >= 4 is 44.8 Å². The van der Waals surface area contributed by atoms with Crippen LogP contribution in [0.2, 0.25) is 0 Å². The second-order valence-corrected chi connectivity index (χ2v) is 16.6. The molecule has 63 heavy (non-hydrogen) atoms. The highest BCUT2D eigenvalue weighted by molar-refractivity contribution is 5.93. The Morgan fingerprint density at radius 2 is 1.38 bits per heavy atom. The van der Waals surface area contributed by atoms with Crippen LogP contribution in [-0.4, -0.2) is 86.1 Å². The van der Waals surface area contributed by atoms with Gasteiger partial charge in [0, 0.05) is 61.4 Å². The Balaban J connectivity index is 1.12. The molecule has 2 aromatic carbocycles. The number of hydrogen-bond donors (Lipinski definition) is 4. The number of aliphatic hydroxyl groups excluding tert-OH is 2. The fourth-order valence-electron chi connectivity index (χ4n) is 8.59. The number of aliphatic hydroxyl groups is 2. The molecule has 14 nitrogen and oxygen atoms in total. The molecule has 2 saturated heterocycles. The molecule has 17 heteroatoms. The molecule has 6 aromatic rings. The smallest absolute Gasteiger partial charge is 0.273 e. The van der Waals surface area contributed by atoms with Gasteiger partial charge in [-0.15, -0.1) is 10.2 Å². The van der Waals surface area contributed by atoms with Crippen molar-refractivity contribution in [3.8, 4) is 11.8 Å². The Kier molecular flexibility index (Phi) is 12.2. The zero-order valence-electron chi connectivity index (χ0n) is 35.8. The summed E-state index contributed by atoms with van der Waals surface area (Å²) in [6, 6.07) is 12.8. The van der Waals surface area contributed by atoms with E-state index in [2.05, 4.69) is 46.9 Å². The summed E-state index contributed by atoms with van der Waals surface area (Å²) in [5.41, 5.74) is 5.03. The van der Waals surface area contributed by atoms with E-state index in [1.54, 1.807) is 13.1 Å². The van der Waals surface area contributed by atoms with Crippen molar-refractivity contribution in [1.29, 1.82) is 5.26 Å². The molecular formula is C46H50F3N11O3. The first kappa shape index (κ1) is 43.3. The molecule has 2 fully saturated rings. The first-order valence-electron chi connectivity index (χ1n) is 21.2. The number of piperidine rings is 2. The molecule has 4 aromatic heterocycles. The number of rotatable bonds is 12. The minimum absolute atomic E-state index is 0.0414. The van der Waals surface area contributed by atoms with E-state index >= 15 is 4.39 Å². The van der Waals surface area contributed by atoms with Crippen LogP contribution in [0.1, 0.15) is 97.7 Å². The number of halogens is 3. The van der Waals surface area contributed by atoms with Gasteiger partial charge in [-0.25, -0.2) is 13.2 Å². The van der Waals surface area contributed by atoms with Gasteiger partial charge < -0.3 is 35.4 Å². The molecule has 2 aliphatic heterocycles. The summed E-state index contributed by atoms with van der Waals surface area (Å²) in [7, 11) is 1.52. The number of aromatic nitrogens is 6. The van der Waals surface area contributed by atoms with Crippen molar-refractivity contribution in [3.05, 3.63) is 99.9 Å². The van der Waals surface area contributed by atoms with Crippen molar-refractivity contribution in [2.24, 2.45) is 0 Å². The molecule has 0 unspecified atom stereocenters. The van der Waals surface area contributed by atoms with E-state index in [0.29, 0.717) is 102 Å². The van der Waals surface area contributed by atoms with Crippen LogP contribution < -0.4 is 25.2 Å². The second-order valence-electron chi connectivity index (χ2n) is 16.6. The number of fused-ring (bicyclic) bond motifs is 2. The number of anilines is 4. The van der Waals surface area contributed by atoms with Crippen LogP contribution in [0.25, 0.3) is 21.8 Å². The van der Waals surface area contributed by atoms with Gasteiger partial charge in [-0.2, -0.15) is 15.5 Å². The predicted octanol–water partition coefficient (Wildman–Crippen LogP) is 7.66. The van der Waals surface area contributed by atoms with Crippen LogP contribution in [0.4, 0.5) is 36.2 Å². The summed E-state index contributed by atoms with van der Waals surface area (Å²) in [5, 5.41) is 56.9. The van der Waals surface area contributed by atoms with Gasteiger partial charge in [-0.3, -0.25) is 9.97 Å². The van der Waals surface area contributed by atoms with E-state index in [-0.39, 0.29) is 30.0 Å². The lowest BCUT2D eigenvalue weighted by molar-refractivity contribution is 0.0135. The van der Waals surface area contributed by atoms with Crippen molar-refractivity contribution < 1.29 is 28.1 Å². The van der Waals surface area contributed by atoms with Gasteiger partial charge in [0.1, 0.15) is 17.6 Å². The standard InChI is InChI=1S/C46H50F3N11O3/c1-25(33-7-6-8-38(40(33)47)46(4,48)49)53-45-36-21-30(60-17-13-32(62)14-18-60)24-52-42(36)39(56-58-45)19-28-9-10-34(43(63-5)37(28)22-50)26(2)54-44-35-20-29(59-15-11-31(61)12-16-59)23-51-41(35)27(3)55-57-44/h6-10,20-21,23-26,31-32,61-62H,11-19H2,1-5H3,(H,53,58)(H,54,57)/t25-,26-/m1/s1. The van der Waals surface area contributed by atoms with Crippen molar-refractivity contribution in [2.75, 3.05) is 53.7 Å². The number of nitrogens with zero attached hydrogens (tertiary/aromatic N) is 9. The Morgan fingerprint density at radius 1 is 0.825 bits per heavy atom. The van der Waals surface area contributed by atoms with Crippen molar-refractivity contribution in [2.45, 2.75) is 90.0 Å². The zero-order chi connectivity index (χ0) is 44.6. The van der Waals surface area contributed by atoms with Crippen molar-refractivity contribution in [3.63, 3.8) is 0 Å². The average molecular weight is 862 g/mol. The maximum Gasteiger partial charge on any atom is 0.273 e. The topological polar surface area (TPSA) is 181 Å². The van der Waals surface area contributed by atoms with Crippen LogP contribution in [0, 0.1) is 24.1 Å². The number of aryl methyl sites for hydroxylation is 1. The van der Waals surface area contributed by atoms with E-state index in [0.717, 1.165) is 35.9 Å². The third-order valence-corrected chi connectivity index (χ3v) is 12.2. The van der Waals surface area contributed by atoms with Gasteiger partial charge in [0.2, 0.25) is 0 Å². The fraction of sp³-hybridized carbons (Fsp3) is 0.413. The first-order chi connectivity index (χ1) is 30.2. The summed E-state index contributed by atoms with van der Waals surface area (Å²) in [6.45, 7) is 8.79. The number of benzene rings is 2. The van der Waals surface area contributed by atoms with Crippen LogP contribution >= 0.6 is 0 Å². The molecule has 4 N–H and O–H groups in total. The third-order valence-electron chi connectivity index (χ3n) is 12.2. The molecule has 0 saturated carbocycles. The molecule has 0 bridgehead atoms. The van der Waals surface area contributed by atoms with Gasteiger partial charge in [-0.05, 0) is 64.2 Å². The minimum Gasteiger partial charge on any atom is -0.495 e. The molecule has 0 radical (unpaired) electrons. The zero-order valence-corrected chi connectivity index (χ0v) is 35.8. The van der Waals surface area contributed by atoms with E-state index < -0.39 is 29.4 Å². The molecular weight excluding hydrogens is 812 g/mol. The molecule has 328 valence electrons. The van der Waals surface area contributed by atoms with E-state index in [1.165, 1.54) is 19.2 Å². The first-order valence-corrected chi connectivity index (χ1v) is 21.2. The minimum atomic E-state index is -3.38. The van der Waals surface area contributed by atoms with E-state index in [1.807, 2.05) is 44.3 Å². The fourth-order valence-corrected chi connectivity index (χ4v) is 8.59. The Bertz CT molecular complexity index is 2690. The lowest BCUT2D eigenvalue weighted by atomic mass is 9.95. The Hall–Kier alpha value is -6.38. The van der Waals surface area contributed by atoms with Crippen LogP contribution in [-0.2, 0) is 12.3 Å². The number of alkyl halides is 2. The molecule has 2 aliphatic rings. The summed E-state index contributed by atoms with van der Waals surface area (Å²) in [5.74, 6) is -3.21. The second kappa shape index (κ2) is 17.8. The van der Waals surface area contributed by atoms with Gasteiger partial charge >= 0.3 is 0 Å². The SMILES string of the molecule is COc1c([C@@H](C)Nc2nnc(C)c3ncc(N4CCC(O)CC4)cc23)ccc(Cc2nnc(N[C@H](C)c3cccc(C(C)(F)F)c3F)c3cc(N4CCC(O)CC4)cnc23)c1C#N. The van der Waals surface area contributed by atoms with E-state index in [9.17, 15) is 24.3 Å².